The number of aliphatic hydroxyl groups is 1. The smallest absolute Gasteiger partial charge is 0.313 e. The molecule has 2 amide bonds. The van der Waals surface area contributed by atoms with Gasteiger partial charge >= 0.3 is 11.8 Å². The topological polar surface area (TPSA) is 72.9 Å². The molecule has 1 heterocycles. The summed E-state index contributed by atoms with van der Waals surface area (Å²) in [5.74, 6) is -1.08. The molecule has 6 heteroatoms. The van der Waals surface area contributed by atoms with E-state index in [1.807, 2.05) is 32.9 Å². The third-order valence-corrected chi connectivity index (χ3v) is 4.19. The largest absolute Gasteiger partial charge is 0.395 e. The van der Waals surface area contributed by atoms with Crippen molar-refractivity contribution < 1.29 is 14.7 Å². The lowest BCUT2D eigenvalue weighted by Gasteiger charge is -2.33. The molecule has 0 unspecified atom stereocenters. The number of nitrogens with one attached hydrogen (secondary N) is 1. The third-order valence-electron chi connectivity index (χ3n) is 4.19. The minimum absolute atomic E-state index is 0.112. The van der Waals surface area contributed by atoms with E-state index in [0.717, 1.165) is 16.7 Å². The summed E-state index contributed by atoms with van der Waals surface area (Å²) >= 11 is 0. The zero-order valence-electron chi connectivity index (χ0n) is 14.1. The zero-order valence-corrected chi connectivity index (χ0v) is 14.1. The van der Waals surface area contributed by atoms with Gasteiger partial charge in [0.05, 0.1) is 6.61 Å². The van der Waals surface area contributed by atoms with Crippen LogP contribution in [-0.2, 0) is 9.59 Å². The van der Waals surface area contributed by atoms with Gasteiger partial charge in [0.2, 0.25) is 0 Å². The molecule has 0 saturated carbocycles. The fraction of sp³-hybridized carbons (Fsp3) is 0.529. The van der Waals surface area contributed by atoms with E-state index in [1.54, 1.807) is 4.90 Å². The predicted octanol–water partition coefficient (Wildman–Crippen LogP) is 0.687. The highest BCUT2D eigenvalue weighted by Crippen LogP contribution is 2.22. The standard InChI is InChI=1S/C17H25N3O3/c1-12-10-13(2)15(14(3)11-12)18-16(22)17(23)20-6-4-19(5-7-20)8-9-21/h10-11,21H,4-9H2,1-3H3,(H,18,22). The number of piperazine rings is 1. The molecule has 0 spiro atoms. The summed E-state index contributed by atoms with van der Waals surface area (Å²) in [6.07, 6.45) is 0. The predicted molar refractivity (Wildman–Crippen MR) is 89.4 cm³/mol. The lowest BCUT2D eigenvalue weighted by molar-refractivity contribution is -0.144. The molecule has 1 fully saturated rings. The Morgan fingerprint density at radius 3 is 2.17 bits per heavy atom. The number of hydrogen-bond acceptors (Lipinski definition) is 4. The molecular weight excluding hydrogens is 294 g/mol. The van der Waals surface area contributed by atoms with E-state index in [-0.39, 0.29) is 6.61 Å². The first-order valence-corrected chi connectivity index (χ1v) is 7.93. The van der Waals surface area contributed by atoms with Crippen LogP contribution in [0.25, 0.3) is 0 Å². The molecule has 0 aliphatic carbocycles. The fourth-order valence-corrected chi connectivity index (χ4v) is 3.00. The first kappa shape index (κ1) is 17.4. The van der Waals surface area contributed by atoms with Gasteiger partial charge in [0, 0.05) is 38.4 Å². The average molecular weight is 319 g/mol. The number of rotatable bonds is 3. The number of aliphatic hydroxyl groups excluding tert-OH is 1. The molecule has 1 aromatic rings. The van der Waals surface area contributed by atoms with Crippen molar-refractivity contribution in [2.24, 2.45) is 0 Å². The molecule has 2 rings (SSSR count). The normalized spacial score (nSPS) is 15.6. The van der Waals surface area contributed by atoms with E-state index in [9.17, 15) is 9.59 Å². The maximum atomic E-state index is 12.3. The first-order valence-electron chi connectivity index (χ1n) is 7.93. The van der Waals surface area contributed by atoms with Crippen LogP contribution in [0.5, 0.6) is 0 Å². The van der Waals surface area contributed by atoms with Crippen LogP contribution in [0.4, 0.5) is 5.69 Å². The van der Waals surface area contributed by atoms with Crippen molar-refractivity contribution in [3.63, 3.8) is 0 Å². The number of β-amino-alcohol motifs (C(OH)–C–C–N with tert-alkyl or cyclic N) is 1. The summed E-state index contributed by atoms with van der Waals surface area (Å²) in [5.41, 5.74) is 3.75. The minimum Gasteiger partial charge on any atom is -0.395 e. The number of anilines is 1. The summed E-state index contributed by atoms with van der Waals surface area (Å²) in [7, 11) is 0. The highest BCUT2D eigenvalue weighted by atomic mass is 16.3. The number of benzene rings is 1. The van der Waals surface area contributed by atoms with Crippen LogP contribution < -0.4 is 5.32 Å². The molecule has 2 N–H and O–H groups in total. The van der Waals surface area contributed by atoms with Crippen LogP contribution in [0.3, 0.4) is 0 Å². The van der Waals surface area contributed by atoms with E-state index in [0.29, 0.717) is 38.4 Å². The van der Waals surface area contributed by atoms with E-state index in [4.69, 9.17) is 5.11 Å². The number of carbonyl (C=O) groups excluding carboxylic acids is 2. The fourth-order valence-electron chi connectivity index (χ4n) is 3.00. The van der Waals surface area contributed by atoms with Crippen molar-refractivity contribution >= 4 is 17.5 Å². The molecule has 0 bridgehead atoms. The highest BCUT2D eigenvalue weighted by molar-refractivity contribution is 6.39. The van der Waals surface area contributed by atoms with E-state index in [1.165, 1.54) is 0 Å². The van der Waals surface area contributed by atoms with E-state index < -0.39 is 11.8 Å². The van der Waals surface area contributed by atoms with Crippen molar-refractivity contribution in [1.29, 1.82) is 0 Å². The second-order valence-corrected chi connectivity index (χ2v) is 6.09. The Labute approximate surface area is 137 Å². The van der Waals surface area contributed by atoms with Crippen LogP contribution in [0.15, 0.2) is 12.1 Å². The van der Waals surface area contributed by atoms with Crippen molar-refractivity contribution in [3.8, 4) is 0 Å². The second kappa shape index (κ2) is 7.57. The molecular formula is C17H25N3O3. The second-order valence-electron chi connectivity index (χ2n) is 6.09. The van der Waals surface area contributed by atoms with Gasteiger partial charge in [-0.15, -0.1) is 0 Å². The van der Waals surface area contributed by atoms with Crippen molar-refractivity contribution in [3.05, 3.63) is 28.8 Å². The molecule has 1 aliphatic rings. The molecule has 6 nitrogen and oxygen atoms in total. The van der Waals surface area contributed by atoms with Crippen molar-refractivity contribution in [2.45, 2.75) is 20.8 Å². The molecule has 126 valence electrons. The molecule has 0 atom stereocenters. The molecule has 1 aliphatic heterocycles. The van der Waals surface area contributed by atoms with Crippen LogP contribution in [-0.4, -0.2) is 66.1 Å². The molecule has 23 heavy (non-hydrogen) atoms. The van der Waals surface area contributed by atoms with Crippen molar-refractivity contribution in [1.82, 2.24) is 9.80 Å². The number of hydrogen-bond donors (Lipinski definition) is 2. The number of carbonyl (C=O) groups is 2. The van der Waals surface area contributed by atoms with E-state index in [2.05, 4.69) is 10.2 Å². The van der Waals surface area contributed by atoms with Crippen LogP contribution >= 0.6 is 0 Å². The van der Waals surface area contributed by atoms with Gasteiger partial charge in [0.15, 0.2) is 0 Å². The molecule has 1 saturated heterocycles. The van der Waals surface area contributed by atoms with Crippen LogP contribution in [0.1, 0.15) is 16.7 Å². The first-order chi connectivity index (χ1) is 10.9. The minimum atomic E-state index is -0.587. The van der Waals surface area contributed by atoms with Gasteiger partial charge in [-0.3, -0.25) is 14.5 Å². The van der Waals surface area contributed by atoms with Gasteiger partial charge in [-0.1, -0.05) is 17.7 Å². The lowest BCUT2D eigenvalue weighted by atomic mass is 10.1. The third kappa shape index (κ3) is 4.30. The van der Waals surface area contributed by atoms with Gasteiger partial charge in [-0.05, 0) is 31.9 Å². The van der Waals surface area contributed by atoms with Crippen LogP contribution in [0, 0.1) is 20.8 Å². The highest BCUT2D eigenvalue weighted by Gasteiger charge is 2.26. The van der Waals surface area contributed by atoms with Gasteiger partial charge < -0.3 is 15.3 Å². The van der Waals surface area contributed by atoms with Crippen LogP contribution in [0.2, 0.25) is 0 Å². The maximum Gasteiger partial charge on any atom is 0.313 e. The average Bonchev–Trinajstić information content (AvgIpc) is 2.51. The van der Waals surface area contributed by atoms with Gasteiger partial charge in [-0.25, -0.2) is 0 Å². The quantitative estimate of drug-likeness (QED) is 0.804. The zero-order chi connectivity index (χ0) is 17.0. The van der Waals surface area contributed by atoms with Gasteiger partial charge in [0.25, 0.3) is 0 Å². The Bertz CT molecular complexity index is 570. The summed E-state index contributed by atoms with van der Waals surface area (Å²) < 4.78 is 0. The number of nitrogens with zero attached hydrogens (tertiary/aromatic N) is 2. The Balaban J connectivity index is 1.98. The monoisotopic (exact) mass is 319 g/mol. The van der Waals surface area contributed by atoms with Gasteiger partial charge in [0.1, 0.15) is 0 Å². The summed E-state index contributed by atoms with van der Waals surface area (Å²) in [5, 5.41) is 11.7. The SMILES string of the molecule is Cc1cc(C)c(NC(=O)C(=O)N2CCN(CCO)CC2)c(C)c1. The molecule has 0 radical (unpaired) electrons. The summed E-state index contributed by atoms with van der Waals surface area (Å²) in [6.45, 7) is 8.96. The summed E-state index contributed by atoms with van der Waals surface area (Å²) in [6, 6.07) is 3.97. The number of amides is 2. The molecule has 1 aromatic carbocycles. The Morgan fingerprint density at radius 1 is 1.09 bits per heavy atom. The summed E-state index contributed by atoms with van der Waals surface area (Å²) in [4.78, 5) is 28.2. The van der Waals surface area contributed by atoms with E-state index >= 15 is 0 Å². The Kier molecular flexibility index (Phi) is 5.74. The lowest BCUT2D eigenvalue weighted by Crippen LogP contribution is -2.52. The Hall–Kier alpha value is -1.92. The Morgan fingerprint density at radius 2 is 1.65 bits per heavy atom. The maximum absolute atomic E-state index is 12.3. The van der Waals surface area contributed by atoms with Crippen molar-refractivity contribution in [2.75, 3.05) is 44.6 Å². The van der Waals surface area contributed by atoms with Gasteiger partial charge in [-0.2, -0.15) is 0 Å². The molecule has 0 aromatic heterocycles. The number of aryl methyl sites for hydroxylation is 3.